The lowest BCUT2D eigenvalue weighted by Crippen LogP contribution is -2.26. The predicted octanol–water partition coefficient (Wildman–Crippen LogP) is 4.12. The van der Waals surface area contributed by atoms with Crippen LogP contribution in [0.4, 0.5) is 0 Å². The minimum atomic E-state index is -0.848. The molecule has 0 aromatic heterocycles. The molecule has 0 N–H and O–H groups in total. The molecule has 0 rings (SSSR count). The second-order valence-electron chi connectivity index (χ2n) is 4.77. The van der Waals surface area contributed by atoms with Crippen LogP contribution in [0.3, 0.4) is 0 Å². The van der Waals surface area contributed by atoms with Gasteiger partial charge in [0.1, 0.15) is 0 Å². The molecule has 0 atom stereocenters. The summed E-state index contributed by atoms with van der Waals surface area (Å²) < 4.78 is 0. The molecule has 0 saturated heterocycles. The molecule has 0 aliphatic heterocycles. The van der Waals surface area contributed by atoms with E-state index in [9.17, 15) is 0 Å². The standard InChI is InChI=1S/C9H23PSi/c1-8(2)10(9(3)4)11(5,6)7/h8-9H,1-7H3. The van der Waals surface area contributed by atoms with Gasteiger partial charge < -0.3 is 0 Å². The molecule has 0 amide bonds. The normalized spacial score (nSPS) is 13.6. The average Bonchev–Trinajstić information content (AvgIpc) is 1.54. The number of rotatable bonds is 3. The largest absolute Gasteiger partial charge is 0.114 e. The fraction of sp³-hybridized carbons (Fsp3) is 1.00. The molecule has 0 aromatic rings. The number of hydrogen-bond acceptors (Lipinski definition) is 0. The first-order valence-corrected chi connectivity index (χ1v) is 10.4. The summed E-state index contributed by atoms with van der Waals surface area (Å²) in [6, 6.07) is 0. The highest BCUT2D eigenvalue weighted by molar-refractivity contribution is 7.95. The van der Waals surface area contributed by atoms with Gasteiger partial charge in [0.05, 0.1) is 7.74 Å². The molecule has 0 fully saturated rings. The second kappa shape index (κ2) is 4.05. The van der Waals surface area contributed by atoms with Crippen LogP contribution in [0.2, 0.25) is 19.6 Å². The molecule has 0 aliphatic rings. The summed E-state index contributed by atoms with van der Waals surface area (Å²) in [6.07, 6.45) is 0. The van der Waals surface area contributed by atoms with Gasteiger partial charge in [0.15, 0.2) is 0 Å². The average molecular weight is 190 g/mol. The van der Waals surface area contributed by atoms with E-state index in [4.69, 9.17) is 0 Å². The van der Waals surface area contributed by atoms with Crippen molar-refractivity contribution in [1.29, 1.82) is 0 Å². The van der Waals surface area contributed by atoms with Gasteiger partial charge in [-0.2, -0.15) is 0 Å². The van der Waals surface area contributed by atoms with Crippen molar-refractivity contribution in [1.82, 2.24) is 0 Å². The lowest BCUT2D eigenvalue weighted by Gasteiger charge is -2.36. The van der Waals surface area contributed by atoms with Crippen LogP contribution in [0, 0.1) is 0 Å². The van der Waals surface area contributed by atoms with Gasteiger partial charge in [0, 0.05) is 0 Å². The molecule has 68 valence electrons. The fourth-order valence-corrected chi connectivity index (χ4v) is 15.7. The van der Waals surface area contributed by atoms with Crippen molar-refractivity contribution in [2.75, 3.05) is 0 Å². The third kappa shape index (κ3) is 3.71. The Kier molecular flexibility index (Phi) is 4.29. The van der Waals surface area contributed by atoms with E-state index in [1.54, 1.807) is 0 Å². The molecule has 0 bridgehead atoms. The molecule has 0 nitrogen and oxygen atoms in total. The quantitative estimate of drug-likeness (QED) is 0.464. The van der Waals surface area contributed by atoms with Gasteiger partial charge >= 0.3 is 0 Å². The highest BCUT2D eigenvalue weighted by Gasteiger charge is 2.30. The summed E-state index contributed by atoms with van der Waals surface area (Å²) in [6.45, 7) is 17.1. The number of hydrogen-bond donors (Lipinski definition) is 0. The summed E-state index contributed by atoms with van der Waals surface area (Å²) in [5.41, 5.74) is 1.85. The summed E-state index contributed by atoms with van der Waals surface area (Å²) in [7, 11) is -0.529. The highest BCUT2D eigenvalue weighted by Crippen LogP contribution is 2.54. The van der Waals surface area contributed by atoms with E-state index in [1.165, 1.54) is 0 Å². The summed E-state index contributed by atoms with van der Waals surface area (Å²) >= 11 is 0. The third-order valence-corrected chi connectivity index (χ3v) is 13.4. The van der Waals surface area contributed by atoms with E-state index in [2.05, 4.69) is 47.3 Å². The molecule has 0 saturated carbocycles. The van der Waals surface area contributed by atoms with E-state index >= 15 is 0 Å². The van der Waals surface area contributed by atoms with Crippen molar-refractivity contribution in [2.24, 2.45) is 0 Å². The molecule has 0 unspecified atom stereocenters. The van der Waals surface area contributed by atoms with Crippen molar-refractivity contribution in [3.8, 4) is 0 Å². The second-order valence-corrected chi connectivity index (χ2v) is 17.6. The Balaban J connectivity index is 4.35. The molecule has 2 heteroatoms. The zero-order chi connectivity index (χ0) is 9.23. The van der Waals surface area contributed by atoms with Crippen LogP contribution in [0.25, 0.3) is 0 Å². The zero-order valence-corrected chi connectivity index (χ0v) is 11.0. The zero-order valence-electron chi connectivity index (χ0n) is 9.10. The van der Waals surface area contributed by atoms with Gasteiger partial charge in [-0.1, -0.05) is 47.3 Å². The SMILES string of the molecule is CC(C)P(C(C)C)[Si](C)(C)C. The van der Waals surface area contributed by atoms with Gasteiger partial charge in [0.25, 0.3) is 0 Å². The lowest BCUT2D eigenvalue weighted by molar-refractivity contribution is 1.02. The van der Waals surface area contributed by atoms with Crippen molar-refractivity contribution < 1.29 is 0 Å². The topological polar surface area (TPSA) is 0 Å². The maximum absolute atomic E-state index is 2.51. The van der Waals surface area contributed by atoms with Crippen LogP contribution in [0.5, 0.6) is 0 Å². The Morgan fingerprint density at radius 3 is 1.09 bits per heavy atom. The van der Waals surface area contributed by atoms with Gasteiger partial charge in [-0.3, -0.25) is 0 Å². The summed E-state index contributed by atoms with van der Waals surface area (Å²) in [5.74, 6) is 0. The Morgan fingerprint density at radius 1 is 0.818 bits per heavy atom. The molecule has 0 heterocycles. The first-order chi connectivity index (χ1) is 4.76. The van der Waals surface area contributed by atoms with Gasteiger partial charge in [0.2, 0.25) is 0 Å². The van der Waals surface area contributed by atoms with E-state index in [0.717, 1.165) is 11.3 Å². The minimum absolute atomic E-state index is 0.319. The third-order valence-electron chi connectivity index (χ3n) is 1.89. The lowest BCUT2D eigenvalue weighted by atomic mass is 10.5. The van der Waals surface area contributed by atoms with Gasteiger partial charge in [-0.15, -0.1) is 7.47 Å². The summed E-state index contributed by atoms with van der Waals surface area (Å²) in [4.78, 5) is 0. The van der Waals surface area contributed by atoms with Crippen LogP contribution in [0.15, 0.2) is 0 Å². The maximum atomic E-state index is 2.51. The van der Waals surface area contributed by atoms with Crippen LogP contribution >= 0.6 is 7.47 Å². The molecular weight excluding hydrogens is 167 g/mol. The minimum Gasteiger partial charge on any atom is -0.114 e. The Morgan fingerprint density at radius 2 is 1.09 bits per heavy atom. The first kappa shape index (κ1) is 11.6. The highest BCUT2D eigenvalue weighted by atomic mass is 31.4. The van der Waals surface area contributed by atoms with Gasteiger partial charge in [-0.25, -0.2) is 0 Å². The Bertz CT molecular complexity index is 105. The van der Waals surface area contributed by atoms with Crippen molar-refractivity contribution in [3.05, 3.63) is 0 Å². The predicted molar refractivity (Wildman–Crippen MR) is 60.5 cm³/mol. The first-order valence-electron chi connectivity index (χ1n) is 4.55. The Hall–Kier alpha value is 0.647. The van der Waals surface area contributed by atoms with Gasteiger partial charge in [-0.05, 0) is 11.3 Å². The van der Waals surface area contributed by atoms with Crippen molar-refractivity contribution in [3.63, 3.8) is 0 Å². The fourth-order valence-electron chi connectivity index (χ4n) is 2.15. The smallest absolute Gasteiger partial charge is 0.0726 e. The van der Waals surface area contributed by atoms with Crippen LogP contribution in [0.1, 0.15) is 27.7 Å². The molecule has 0 radical (unpaired) electrons. The Labute approximate surface area is 74.4 Å². The maximum Gasteiger partial charge on any atom is 0.0726 e. The molecule has 0 aromatic carbocycles. The van der Waals surface area contributed by atoms with E-state index in [-0.39, 0.29) is 0 Å². The van der Waals surface area contributed by atoms with E-state index in [1.807, 2.05) is 0 Å². The summed E-state index contributed by atoms with van der Waals surface area (Å²) in [5, 5.41) is 0. The van der Waals surface area contributed by atoms with Crippen molar-refractivity contribution in [2.45, 2.75) is 58.7 Å². The monoisotopic (exact) mass is 190 g/mol. The van der Waals surface area contributed by atoms with E-state index < -0.39 is 7.74 Å². The molecule has 0 aliphatic carbocycles. The molecular formula is C9H23PSi. The van der Waals surface area contributed by atoms with Crippen molar-refractivity contribution >= 4 is 15.2 Å². The van der Waals surface area contributed by atoms with Crippen LogP contribution in [-0.2, 0) is 0 Å². The van der Waals surface area contributed by atoms with Crippen LogP contribution in [-0.4, -0.2) is 19.1 Å². The molecule has 0 spiro atoms. The van der Waals surface area contributed by atoms with Crippen LogP contribution < -0.4 is 0 Å². The van der Waals surface area contributed by atoms with E-state index in [0.29, 0.717) is 7.47 Å². The molecule has 11 heavy (non-hydrogen) atoms.